The van der Waals surface area contributed by atoms with Crippen molar-refractivity contribution in [3.63, 3.8) is 0 Å². The lowest BCUT2D eigenvalue weighted by Crippen LogP contribution is -2.17. The lowest BCUT2D eigenvalue weighted by molar-refractivity contribution is -0.137. The summed E-state index contributed by atoms with van der Waals surface area (Å²) in [4.78, 5) is 19.6. The predicted molar refractivity (Wildman–Crippen MR) is 104 cm³/mol. The Morgan fingerprint density at radius 1 is 1.27 bits per heavy atom. The van der Waals surface area contributed by atoms with Crippen LogP contribution in [-0.4, -0.2) is 27.6 Å². The maximum Gasteiger partial charge on any atom is 0.416 e. The summed E-state index contributed by atoms with van der Waals surface area (Å²) in [6, 6.07) is 8.28. The molecule has 0 atom stereocenters. The molecule has 0 fully saturated rings. The third-order valence-electron chi connectivity index (χ3n) is 4.41. The van der Waals surface area contributed by atoms with Crippen molar-refractivity contribution in [1.82, 2.24) is 14.8 Å². The minimum atomic E-state index is -4.43. The van der Waals surface area contributed by atoms with Crippen LogP contribution in [0.5, 0.6) is 5.75 Å². The van der Waals surface area contributed by atoms with E-state index in [0.29, 0.717) is 28.3 Å². The summed E-state index contributed by atoms with van der Waals surface area (Å²) in [6.07, 6.45) is -3.14. The van der Waals surface area contributed by atoms with Crippen LogP contribution in [0.4, 0.5) is 13.2 Å². The van der Waals surface area contributed by atoms with Crippen molar-refractivity contribution in [3.8, 4) is 11.4 Å². The zero-order valence-electron chi connectivity index (χ0n) is 16.4. The Morgan fingerprint density at radius 3 is 2.67 bits per heavy atom. The SMILES string of the molecule is COc1cc(-n2nc[nH]c2=O)c(C)cc1CON=C(C)c1cccc(C(F)(F)F)c1. The van der Waals surface area contributed by atoms with E-state index in [1.54, 1.807) is 26.0 Å². The van der Waals surface area contributed by atoms with Crippen LogP contribution in [0.15, 0.2) is 52.7 Å². The summed E-state index contributed by atoms with van der Waals surface area (Å²) in [5, 5.41) is 7.88. The van der Waals surface area contributed by atoms with Gasteiger partial charge in [-0.3, -0.25) is 4.98 Å². The monoisotopic (exact) mass is 420 g/mol. The number of ether oxygens (including phenoxy) is 1. The summed E-state index contributed by atoms with van der Waals surface area (Å²) >= 11 is 0. The van der Waals surface area contributed by atoms with Gasteiger partial charge in [0.25, 0.3) is 0 Å². The van der Waals surface area contributed by atoms with Crippen molar-refractivity contribution in [2.45, 2.75) is 26.6 Å². The van der Waals surface area contributed by atoms with Gasteiger partial charge in [0.1, 0.15) is 18.7 Å². The van der Waals surface area contributed by atoms with E-state index in [0.717, 1.165) is 17.7 Å². The molecule has 0 aliphatic rings. The first-order valence-corrected chi connectivity index (χ1v) is 8.85. The number of hydrogen-bond acceptors (Lipinski definition) is 5. The Hall–Kier alpha value is -3.56. The lowest BCUT2D eigenvalue weighted by atomic mass is 10.1. The second kappa shape index (κ2) is 8.44. The summed E-state index contributed by atoms with van der Waals surface area (Å²) in [5.41, 5.74) is 1.43. The normalized spacial score (nSPS) is 12.1. The molecular formula is C20H19F3N4O3. The topological polar surface area (TPSA) is 81.5 Å². The van der Waals surface area contributed by atoms with Crippen molar-refractivity contribution in [3.05, 3.63) is 75.5 Å². The number of H-pyrrole nitrogens is 1. The first-order chi connectivity index (χ1) is 14.2. The number of halogens is 3. The maximum atomic E-state index is 12.9. The quantitative estimate of drug-likeness (QED) is 0.485. The Kier molecular flexibility index (Phi) is 5.95. The summed E-state index contributed by atoms with van der Waals surface area (Å²) in [6.45, 7) is 3.39. The van der Waals surface area contributed by atoms with E-state index < -0.39 is 11.7 Å². The van der Waals surface area contributed by atoms with E-state index in [1.165, 1.54) is 30.3 Å². The Balaban J connectivity index is 1.80. The van der Waals surface area contributed by atoms with Gasteiger partial charge in [-0.1, -0.05) is 17.3 Å². The number of methoxy groups -OCH3 is 1. The van der Waals surface area contributed by atoms with Gasteiger partial charge in [-0.2, -0.15) is 23.0 Å². The smallest absolute Gasteiger partial charge is 0.416 e. The molecule has 0 saturated carbocycles. The van der Waals surface area contributed by atoms with E-state index in [-0.39, 0.29) is 12.3 Å². The number of hydrogen-bond donors (Lipinski definition) is 1. The Labute approximate surface area is 169 Å². The molecule has 0 unspecified atom stereocenters. The zero-order valence-corrected chi connectivity index (χ0v) is 16.4. The van der Waals surface area contributed by atoms with Crippen LogP contribution >= 0.6 is 0 Å². The molecule has 1 N–H and O–H groups in total. The first kappa shape index (κ1) is 21.2. The minimum Gasteiger partial charge on any atom is -0.496 e. The van der Waals surface area contributed by atoms with Crippen LogP contribution in [0.3, 0.4) is 0 Å². The third kappa shape index (κ3) is 4.53. The molecule has 1 heterocycles. The van der Waals surface area contributed by atoms with Crippen LogP contribution in [0.25, 0.3) is 5.69 Å². The molecule has 3 aromatic rings. The van der Waals surface area contributed by atoms with Crippen LogP contribution in [0.1, 0.15) is 29.2 Å². The number of nitrogens with zero attached hydrogens (tertiary/aromatic N) is 3. The Bertz CT molecular complexity index is 1130. The number of aromatic nitrogens is 3. The van der Waals surface area contributed by atoms with Crippen LogP contribution in [0.2, 0.25) is 0 Å². The van der Waals surface area contributed by atoms with E-state index >= 15 is 0 Å². The molecule has 3 rings (SSSR count). The molecule has 0 amide bonds. The zero-order chi connectivity index (χ0) is 21.9. The molecule has 158 valence electrons. The third-order valence-corrected chi connectivity index (χ3v) is 4.41. The van der Waals surface area contributed by atoms with Crippen molar-refractivity contribution >= 4 is 5.71 Å². The van der Waals surface area contributed by atoms with Gasteiger partial charge in [0, 0.05) is 11.6 Å². The highest BCUT2D eigenvalue weighted by Gasteiger charge is 2.30. The molecule has 0 saturated heterocycles. The molecule has 0 bridgehead atoms. The highest BCUT2D eigenvalue weighted by molar-refractivity contribution is 5.98. The molecule has 0 spiro atoms. The molecular weight excluding hydrogens is 401 g/mol. The minimum absolute atomic E-state index is 0.0239. The summed E-state index contributed by atoms with van der Waals surface area (Å²) in [7, 11) is 1.47. The number of aromatic amines is 1. The van der Waals surface area contributed by atoms with E-state index in [4.69, 9.17) is 9.57 Å². The van der Waals surface area contributed by atoms with Gasteiger partial charge in [-0.05, 0) is 43.2 Å². The standard InChI is InChI=1S/C20H19F3N4O3/c1-12-7-15(18(29-3)9-17(12)27-19(28)24-11-25-27)10-30-26-13(2)14-5-4-6-16(8-14)20(21,22)23/h4-9,11H,10H2,1-3H3,(H,24,25,28). The van der Waals surface area contributed by atoms with Crippen molar-refractivity contribution < 1.29 is 22.7 Å². The van der Waals surface area contributed by atoms with Gasteiger partial charge in [0.2, 0.25) is 0 Å². The van der Waals surface area contributed by atoms with E-state index in [2.05, 4.69) is 15.2 Å². The number of oxime groups is 1. The van der Waals surface area contributed by atoms with Crippen molar-refractivity contribution in [2.75, 3.05) is 7.11 Å². The van der Waals surface area contributed by atoms with Crippen LogP contribution in [0, 0.1) is 6.92 Å². The van der Waals surface area contributed by atoms with Gasteiger partial charge < -0.3 is 9.57 Å². The van der Waals surface area contributed by atoms with Crippen molar-refractivity contribution in [2.24, 2.45) is 5.16 Å². The van der Waals surface area contributed by atoms with Gasteiger partial charge >= 0.3 is 11.9 Å². The second-order valence-electron chi connectivity index (χ2n) is 6.49. The fourth-order valence-corrected chi connectivity index (χ4v) is 2.87. The fraction of sp³-hybridized carbons (Fsp3) is 0.250. The number of benzene rings is 2. The molecule has 0 aliphatic carbocycles. The molecule has 1 aromatic heterocycles. The fourth-order valence-electron chi connectivity index (χ4n) is 2.87. The first-order valence-electron chi connectivity index (χ1n) is 8.85. The van der Waals surface area contributed by atoms with Crippen LogP contribution < -0.4 is 10.4 Å². The lowest BCUT2D eigenvalue weighted by Gasteiger charge is -2.13. The second-order valence-corrected chi connectivity index (χ2v) is 6.49. The molecule has 0 aliphatic heterocycles. The summed E-state index contributed by atoms with van der Waals surface area (Å²) in [5.74, 6) is 0.456. The highest BCUT2D eigenvalue weighted by Crippen LogP contribution is 2.30. The number of rotatable bonds is 6. The van der Waals surface area contributed by atoms with Gasteiger partial charge in [0.15, 0.2) is 0 Å². The molecule has 7 nitrogen and oxygen atoms in total. The largest absolute Gasteiger partial charge is 0.496 e. The van der Waals surface area contributed by atoms with Crippen LogP contribution in [-0.2, 0) is 17.6 Å². The molecule has 0 radical (unpaired) electrons. The molecule has 10 heteroatoms. The number of nitrogens with one attached hydrogen (secondary N) is 1. The van der Waals surface area contributed by atoms with Gasteiger partial charge in [-0.25, -0.2) is 4.79 Å². The van der Waals surface area contributed by atoms with E-state index in [9.17, 15) is 18.0 Å². The Morgan fingerprint density at radius 2 is 2.03 bits per heavy atom. The maximum absolute atomic E-state index is 12.9. The average molecular weight is 420 g/mol. The predicted octanol–water partition coefficient (Wildman–Crippen LogP) is 3.84. The van der Waals surface area contributed by atoms with Gasteiger partial charge in [-0.15, -0.1) is 0 Å². The van der Waals surface area contributed by atoms with Gasteiger partial charge in [0.05, 0.1) is 24.1 Å². The average Bonchev–Trinajstić information content (AvgIpc) is 3.13. The van der Waals surface area contributed by atoms with Crippen molar-refractivity contribution in [1.29, 1.82) is 0 Å². The number of alkyl halides is 3. The highest BCUT2D eigenvalue weighted by atomic mass is 19.4. The molecule has 30 heavy (non-hydrogen) atoms. The van der Waals surface area contributed by atoms with E-state index in [1.807, 2.05) is 0 Å². The molecule has 2 aromatic carbocycles. The summed E-state index contributed by atoms with van der Waals surface area (Å²) < 4.78 is 45.2. The number of aryl methyl sites for hydroxylation is 1.